The Bertz CT molecular complexity index is 494. The van der Waals surface area contributed by atoms with E-state index in [1.807, 2.05) is 0 Å². The van der Waals surface area contributed by atoms with Crippen molar-refractivity contribution in [2.45, 2.75) is 64.0 Å². The molecule has 0 bridgehead atoms. The molecule has 21 heavy (non-hydrogen) atoms. The second-order valence-electron chi connectivity index (χ2n) is 6.87. The van der Waals surface area contributed by atoms with Gasteiger partial charge in [0.25, 0.3) is 0 Å². The molecular weight excluding hydrogens is 324 g/mol. The normalized spacial score (nSPS) is 25.3. The van der Waals surface area contributed by atoms with E-state index in [0.29, 0.717) is 11.6 Å². The van der Waals surface area contributed by atoms with E-state index in [2.05, 4.69) is 58.2 Å². The number of halogens is 1. The summed E-state index contributed by atoms with van der Waals surface area (Å²) in [5, 5.41) is 3.91. The minimum absolute atomic E-state index is 0.354. The smallest absolute Gasteiger partial charge is 0.0516 e. The van der Waals surface area contributed by atoms with Gasteiger partial charge in [-0.2, -0.15) is 0 Å². The van der Waals surface area contributed by atoms with Crippen LogP contribution in [-0.2, 0) is 0 Å². The molecule has 0 amide bonds. The van der Waals surface area contributed by atoms with E-state index >= 15 is 0 Å². The van der Waals surface area contributed by atoms with Gasteiger partial charge in [-0.05, 0) is 59.8 Å². The number of anilines is 1. The van der Waals surface area contributed by atoms with Gasteiger partial charge in [0, 0.05) is 29.1 Å². The van der Waals surface area contributed by atoms with Crippen LogP contribution in [0.15, 0.2) is 22.7 Å². The Balaban J connectivity index is 1.90. The fraction of sp³-hybridized carbons (Fsp3) is 0.667. The molecule has 1 unspecified atom stereocenters. The second-order valence-corrected chi connectivity index (χ2v) is 7.72. The molecule has 1 aromatic carbocycles. The van der Waals surface area contributed by atoms with Crippen molar-refractivity contribution < 1.29 is 0 Å². The van der Waals surface area contributed by atoms with Crippen LogP contribution < -0.4 is 10.2 Å². The van der Waals surface area contributed by atoms with E-state index in [0.717, 1.165) is 13.1 Å². The van der Waals surface area contributed by atoms with Crippen LogP contribution in [0.4, 0.5) is 5.69 Å². The number of nitrogens with one attached hydrogen (secondary N) is 1. The topological polar surface area (TPSA) is 15.3 Å². The largest absolute Gasteiger partial charge is 0.365 e. The zero-order valence-electron chi connectivity index (χ0n) is 13.3. The molecule has 1 spiro atoms. The fourth-order valence-electron chi connectivity index (χ4n) is 4.01. The van der Waals surface area contributed by atoms with E-state index in [4.69, 9.17) is 0 Å². The van der Waals surface area contributed by atoms with Crippen molar-refractivity contribution in [2.75, 3.05) is 18.0 Å². The van der Waals surface area contributed by atoms with E-state index < -0.39 is 0 Å². The highest BCUT2D eigenvalue weighted by atomic mass is 79.9. The van der Waals surface area contributed by atoms with Gasteiger partial charge in [0.1, 0.15) is 0 Å². The van der Waals surface area contributed by atoms with Crippen LogP contribution >= 0.6 is 15.9 Å². The average Bonchev–Trinajstić information content (AvgIpc) is 2.50. The molecule has 3 rings (SSSR count). The molecule has 1 saturated heterocycles. The SMILES string of the molecule is CCC1CNC2(CCCCC2)CN1c1cc(C)ccc1Br. The summed E-state index contributed by atoms with van der Waals surface area (Å²) < 4.78 is 1.24. The summed E-state index contributed by atoms with van der Waals surface area (Å²) in [6.45, 7) is 6.78. The number of hydrogen-bond acceptors (Lipinski definition) is 2. The van der Waals surface area contributed by atoms with E-state index in [9.17, 15) is 0 Å². The molecular formula is C18H27BrN2. The Morgan fingerprint density at radius 1 is 1.29 bits per heavy atom. The first-order valence-electron chi connectivity index (χ1n) is 8.41. The highest BCUT2D eigenvalue weighted by Crippen LogP contribution is 2.37. The molecule has 1 aliphatic carbocycles. The minimum Gasteiger partial charge on any atom is -0.365 e. The fourth-order valence-corrected chi connectivity index (χ4v) is 4.48. The van der Waals surface area contributed by atoms with Gasteiger partial charge in [-0.3, -0.25) is 0 Å². The Kier molecular flexibility index (Phi) is 4.60. The first-order chi connectivity index (χ1) is 10.1. The lowest BCUT2D eigenvalue weighted by atomic mass is 9.79. The highest BCUT2D eigenvalue weighted by molar-refractivity contribution is 9.10. The molecule has 1 N–H and O–H groups in total. The Labute approximate surface area is 137 Å². The van der Waals surface area contributed by atoms with Crippen molar-refractivity contribution in [3.8, 4) is 0 Å². The minimum atomic E-state index is 0.354. The van der Waals surface area contributed by atoms with Crippen LogP contribution in [0.1, 0.15) is 51.0 Å². The maximum absolute atomic E-state index is 3.91. The summed E-state index contributed by atoms with van der Waals surface area (Å²) in [7, 11) is 0. The molecule has 116 valence electrons. The lowest BCUT2D eigenvalue weighted by Gasteiger charge is -2.51. The molecule has 0 aromatic heterocycles. The summed E-state index contributed by atoms with van der Waals surface area (Å²) >= 11 is 3.77. The predicted octanol–water partition coefficient (Wildman–Crippen LogP) is 4.65. The summed E-state index contributed by atoms with van der Waals surface area (Å²) in [4.78, 5) is 2.67. The van der Waals surface area contributed by atoms with Crippen molar-refractivity contribution in [1.82, 2.24) is 5.32 Å². The van der Waals surface area contributed by atoms with Gasteiger partial charge in [0.05, 0.1) is 5.69 Å². The van der Waals surface area contributed by atoms with Crippen LogP contribution in [0.5, 0.6) is 0 Å². The van der Waals surface area contributed by atoms with E-state index in [1.165, 1.54) is 54.2 Å². The van der Waals surface area contributed by atoms with Crippen molar-refractivity contribution in [1.29, 1.82) is 0 Å². The van der Waals surface area contributed by atoms with Crippen molar-refractivity contribution in [3.05, 3.63) is 28.2 Å². The van der Waals surface area contributed by atoms with Crippen LogP contribution in [0.3, 0.4) is 0 Å². The number of benzene rings is 1. The van der Waals surface area contributed by atoms with E-state index in [-0.39, 0.29) is 0 Å². The summed E-state index contributed by atoms with van der Waals surface area (Å²) in [5.74, 6) is 0. The monoisotopic (exact) mass is 350 g/mol. The third-order valence-electron chi connectivity index (χ3n) is 5.32. The van der Waals surface area contributed by atoms with Gasteiger partial charge in [-0.25, -0.2) is 0 Å². The van der Waals surface area contributed by atoms with Crippen molar-refractivity contribution in [3.63, 3.8) is 0 Å². The van der Waals surface area contributed by atoms with Crippen LogP contribution in [-0.4, -0.2) is 24.7 Å². The van der Waals surface area contributed by atoms with Gasteiger partial charge in [-0.15, -0.1) is 0 Å². The Morgan fingerprint density at radius 3 is 2.76 bits per heavy atom. The van der Waals surface area contributed by atoms with Crippen LogP contribution in [0.25, 0.3) is 0 Å². The van der Waals surface area contributed by atoms with Gasteiger partial charge in [-0.1, -0.05) is 32.3 Å². The average molecular weight is 351 g/mol. The van der Waals surface area contributed by atoms with Crippen LogP contribution in [0.2, 0.25) is 0 Å². The zero-order chi connectivity index (χ0) is 14.9. The Morgan fingerprint density at radius 2 is 2.05 bits per heavy atom. The standard InChI is InChI=1S/C18H27BrN2/c1-3-15-12-20-18(9-5-4-6-10-18)13-21(15)17-11-14(2)7-8-16(17)19/h7-8,11,15,20H,3-6,9-10,12-13H2,1-2H3. The third kappa shape index (κ3) is 3.14. The van der Waals surface area contributed by atoms with Crippen molar-refractivity contribution in [2.24, 2.45) is 0 Å². The molecule has 1 atom stereocenters. The van der Waals surface area contributed by atoms with Gasteiger partial charge in [0.2, 0.25) is 0 Å². The van der Waals surface area contributed by atoms with E-state index in [1.54, 1.807) is 0 Å². The lowest BCUT2D eigenvalue weighted by Crippen LogP contribution is -2.65. The van der Waals surface area contributed by atoms with Crippen LogP contribution in [0, 0.1) is 6.92 Å². The molecule has 3 heteroatoms. The van der Waals surface area contributed by atoms with Gasteiger partial charge < -0.3 is 10.2 Å². The number of aryl methyl sites for hydroxylation is 1. The summed E-state index contributed by atoms with van der Waals surface area (Å²) in [6.07, 6.45) is 8.05. The zero-order valence-corrected chi connectivity index (χ0v) is 14.9. The maximum atomic E-state index is 3.91. The highest BCUT2D eigenvalue weighted by Gasteiger charge is 2.39. The predicted molar refractivity (Wildman–Crippen MR) is 94.1 cm³/mol. The summed E-state index contributed by atoms with van der Waals surface area (Å²) in [6, 6.07) is 7.34. The molecule has 2 fully saturated rings. The molecule has 1 saturated carbocycles. The second kappa shape index (κ2) is 6.29. The molecule has 1 aliphatic heterocycles. The molecule has 0 radical (unpaired) electrons. The van der Waals surface area contributed by atoms with Gasteiger partial charge >= 0.3 is 0 Å². The quantitative estimate of drug-likeness (QED) is 0.834. The molecule has 2 aliphatic rings. The number of piperazine rings is 1. The molecule has 1 aromatic rings. The first kappa shape index (κ1) is 15.4. The summed E-state index contributed by atoms with van der Waals surface area (Å²) in [5.41, 5.74) is 3.08. The number of hydrogen-bond donors (Lipinski definition) is 1. The van der Waals surface area contributed by atoms with Crippen molar-refractivity contribution >= 4 is 21.6 Å². The maximum Gasteiger partial charge on any atom is 0.0516 e. The van der Waals surface area contributed by atoms with Gasteiger partial charge in [0.15, 0.2) is 0 Å². The third-order valence-corrected chi connectivity index (χ3v) is 5.99. The lowest BCUT2D eigenvalue weighted by molar-refractivity contribution is 0.195. The Hall–Kier alpha value is -0.540. The number of nitrogens with zero attached hydrogens (tertiary/aromatic N) is 1. The number of rotatable bonds is 2. The molecule has 2 nitrogen and oxygen atoms in total. The molecule has 1 heterocycles. The first-order valence-corrected chi connectivity index (χ1v) is 9.21.